The summed E-state index contributed by atoms with van der Waals surface area (Å²) >= 11 is 0. The fourth-order valence-electron chi connectivity index (χ4n) is 6.43. The van der Waals surface area contributed by atoms with Gasteiger partial charge in [-0.05, 0) is 25.7 Å². The first-order chi connectivity index (χ1) is 23.2. The van der Waals surface area contributed by atoms with Gasteiger partial charge in [0.05, 0.1) is 18.3 Å². The van der Waals surface area contributed by atoms with Crippen LogP contribution in [0.3, 0.4) is 0 Å². The standard InChI is InChI=1S/C39H70O9/c1-3-5-7-8-9-10-11-12-13-14-15-16-18-23-38(45)47-29-33(42)30-48-39(46)24-20-19-22-32(41)27-35-34(36(43)28-37(35)44)26-25-31(40)21-17-6-4-2/h25-26,31,33-37,40,42-44H,3-24,27-30H2,1-2H3/b26-25+/t31-,33-,34+,35+,36+,37-/m0/s1. The van der Waals surface area contributed by atoms with Gasteiger partial charge in [-0.2, -0.15) is 0 Å². The topological polar surface area (TPSA) is 151 Å². The van der Waals surface area contributed by atoms with E-state index in [1.165, 1.54) is 64.2 Å². The largest absolute Gasteiger partial charge is 0.463 e. The average Bonchev–Trinajstić information content (AvgIpc) is 3.32. The SMILES string of the molecule is CCCCCCCCCCCCCCCC(=O)OC[C@H](O)COC(=O)CCCCC(=O)C[C@@H]1[C@@H](/C=C/[C@@H](O)CCCCC)[C@H](O)C[C@@H]1O. The summed E-state index contributed by atoms with van der Waals surface area (Å²) in [5.74, 6) is -1.67. The van der Waals surface area contributed by atoms with Crippen molar-refractivity contribution >= 4 is 17.7 Å². The number of rotatable bonds is 31. The summed E-state index contributed by atoms with van der Waals surface area (Å²) in [6.45, 7) is 3.87. The Hall–Kier alpha value is -1.81. The molecule has 0 spiro atoms. The maximum absolute atomic E-state index is 12.6. The van der Waals surface area contributed by atoms with Crippen LogP contribution in [0.2, 0.25) is 0 Å². The predicted molar refractivity (Wildman–Crippen MR) is 189 cm³/mol. The lowest BCUT2D eigenvalue weighted by molar-refractivity contribution is -0.152. The molecule has 0 radical (unpaired) electrons. The molecule has 0 saturated heterocycles. The third-order valence-corrected chi connectivity index (χ3v) is 9.48. The molecule has 1 aliphatic rings. The fourth-order valence-corrected chi connectivity index (χ4v) is 6.43. The predicted octanol–water partition coefficient (Wildman–Crippen LogP) is 7.29. The van der Waals surface area contributed by atoms with Gasteiger partial charge < -0.3 is 29.9 Å². The third kappa shape index (κ3) is 22.8. The lowest BCUT2D eigenvalue weighted by atomic mass is 9.87. The molecule has 1 aliphatic carbocycles. The van der Waals surface area contributed by atoms with Gasteiger partial charge in [0.25, 0.3) is 0 Å². The van der Waals surface area contributed by atoms with E-state index in [0.717, 1.165) is 38.5 Å². The Bertz CT molecular complexity index is 860. The average molecular weight is 683 g/mol. The molecular weight excluding hydrogens is 612 g/mol. The van der Waals surface area contributed by atoms with E-state index in [0.29, 0.717) is 25.7 Å². The van der Waals surface area contributed by atoms with Crippen LogP contribution in [0.15, 0.2) is 12.2 Å². The van der Waals surface area contributed by atoms with Crippen molar-refractivity contribution in [2.75, 3.05) is 13.2 Å². The molecule has 1 saturated carbocycles. The number of carbonyl (C=O) groups is 3. The minimum Gasteiger partial charge on any atom is -0.463 e. The Kier molecular flexibility index (Phi) is 26.7. The van der Waals surface area contributed by atoms with Crippen molar-refractivity contribution in [3.05, 3.63) is 12.2 Å². The number of aliphatic hydroxyl groups is 4. The van der Waals surface area contributed by atoms with Crippen LogP contribution in [0.1, 0.15) is 168 Å². The second-order valence-electron chi connectivity index (χ2n) is 14.0. The highest BCUT2D eigenvalue weighted by atomic mass is 16.6. The molecule has 280 valence electrons. The zero-order valence-corrected chi connectivity index (χ0v) is 30.3. The van der Waals surface area contributed by atoms with Crippen molar-refractivity contribution < 1.29 is 44.3 Å². The van der Waals surface area contributed by atoms with Crippen LogP contribution in [-0.2, 0) is 23.9 Å². The molecule has 48 heavy (non-hydrogen) atoms. The number of aliphatic hydroxyl groups excluding tert-OH is 4. The summed E-state index contributed by atoms with van der Waals surface area (Å²) in [4.78, 5) is 36.7. The van der Waals surface area contributed by atoms with E-state index in [1.54, 1.807) is 12.2 Å². The number of esters is 2. The summed E-state index contributed by atoms with van der Waals surface area (Å²) in [5.41, 5.74) is 0. The van der Waals surface area contributed by atoms with Crippen molar-refractivity contribution in [1.82, 2.24) is 0 Å². The number of ether oxygens (including phenoxy) is 2. The molecule has 6 atom stereocenters. The highest BCUT2D eigenvalue weighted by Crippen LogP contribution is 2.36. The van der Waals surface area contributed by atoms with Crippen LogP contribution in [0.25, 0.3) is 0 Å². The summed E-state index contributed by atoms with van der Waals surface area (Å²) in [7, 11) is 0. The molecule has 1 fully saturated rings. The number of Topliss-reactive ketones (excluding diaryl/α,β-unsaturated/α-hetero) is 1. The monoisotopic (exact) mass is 683 g/mol. The first-order valence-corrected chi connectivity index (χ1v) is 19.4. The van der Waals surface area contributed by atoms with E-state index < -0.39 is 36.3 Å². The van der Waals surface area contributed by atoms with Crippen molar-refractivity contribution in [1.29, 1.82) is 0 Å². The number of carbonyl (C=O) groups excluding carboxylic acids is 3. The normalized spacial score (nSPS) is 20.6. The van der Waals surface area contributed by atoms with Gasteiger partial charge in [0.1, 0.15) is 25.1 Å². The van der Waals surface area contributed by atoms with Crippen molar-refractivity contribution in [2.24, 2.45) is 11.8 Å². The van der Waals surface area contributed by atoms with E-state index in [4.69, 9.17) is 9.47 Å². The molecule has 4 N–H and O–H groups in total. The van der Waals surface area contributed by atoms with Gasteiger partial charge in [-0.1, -0.05) is 122 Å². The molecule has 1 rings (SSSR count). The Morgan fingerprint density at radius 1 is 0.646 bits per heavy atom. The fraction of sp³-hybridized carbons (Fsp3) is 0.872. The highest BCUT2D eigenvalue weighted by molar-refractivity contribution is 5.79. The molecule has 0 unspecified atom stereocenters. The van der Waals surface area contributed by atoms with E-state index >= 15 is 0 Å². The Morgan fingerprint density at radius 3 is 1.65 bits per heavy atom. The smallest absolute Gasteiger partial charge is 0.305 e. The number of unbranched alkanes of at least 4 members (excludes halogenated alkanes) is 15. The highest BCUT2D eigenvalue weighted by Gasteiger charge is 2.41. The Labute approximate surface area is 291 Å². The van der Waals surface area contributed by atoms with E-state index in [2.05, 4.69) is 13.8 Å². The molecule has 0 aromatic carbocycles. The summed E-state index contributed by atoms with van der Waals surface area (Å²) in [6, 6.07) is 0. The first kappa shape index (κ1) is 44.2. The van der Waals surface area contributed by atoms with Gasteiger partial charge in [-0.15, -0.1) is 0 Å². The Morgan fingerprint density at radius 2 is 1.10 bits per heavy atom. The first-order valence-electron chi connectivity index (χ1n) is 19.4. The maximum Gasteiger partial charge on any atom is 0.305 e. The van der Waals surface area contributed by atoms with Gasteiger partial charge in [-0.25, -0.2) is 0 Å². The molecule has 0 aromatic heterocycles. The second-order valence-corrected chi connectivity index (χ2v) is 14.0. The van der Waals surface area contributed by atoms with Gasteiger partial charge in [0, 0.05) is 43.9 Å². The van der Waals surface area contributed by atoms with Crippen molar-refractivity contribution in [2.45, 2.75) is 192 Å². The van der Waals surface area contributed by atoms with Gasteiger partial charge in [0.2, 0.25) is 0 Å². The number of ketones is 1. The molecule has 0 aromatic rings. The maximum atomic E-state index is 12.6. The third-order valence-electron chi connectivity index (χ3n) is 9.48. The van der Waals surface area contributed by atoms with Gasteiger partial charge in [-0.3, -0.25) is 14.4 Å². The molecule has 0 aliphatic heterocycles. The van der Waals surface area contributed by atoms with Gasteiger partial charge in [0.15, 0.2) is 0 Å². The van der Waals surface area contributed by atoms with E-state index in [-0.39, 0.29) is 56.6 Å². The summed E-state index contributed by atoms with van der Waals surface area (Å²) in [6.07, 6.45) is 21.9. The molecule has 9 nitrogen and oxygen atoms in total. The van der Waals surface area contributed by atoms with E-state index in [9.17, 15) is 34.8 Å². The number of hydrogen-bond acceptors (Lipinski definition) is 9. The van der Waals surface area contributed by atoms with Crippen molar-refractivity contribution in [3.63, 3.8) is 0 Å². The molecule has 9 heteroatoms. The number of hydrogen-bond donors (Lipinski definition) is 4. The summed E-state index contributed by atoms with van der Waals surface area (Å²) in [5, 5.41) is 41.1. The zero-order chi connectivity index (χ0) is 35.4. The second kappa shape index (κ2) is 29.0. The van der Waals surface area contributed by atoms with Crippen LogP contribution in [0.4, 0.5) is 0 Å². The van der Waals surface area contributed by atoms with Crippen LogP contribution in [-0.4, -0.2) is 75.8 Å². The quantitative estimate of drug-likeness (QED) is 0.0336. The Balaban J connectivity index is 2.08. The van der Waals surface area contributed by atoms with Crippen molar-refractivity contribution in [3.8, 4) is 0 Å². The molecule has 0 heterocycles. The minimum atomic E-state index is -1.08. The van der Waals surface area contributed by atoms with Crippen LogP contribution >= 0.6 is 0 Å². The minimum absolute atomic E-state index is 0.0422. The zero-order valence-electron chi connectivity index (χ0n) is 30.3. The van der Waals surface area contributed by atoms with Crippen LogP contribution < -0.4 is 0 Å². The lowest BCUT2D eigenvalue weighted by Crippen LogP contribution is -2.25. The van der Waals surface area contributed by atoms with Crippen LogP contribution in [0, 0.1) is 11.8 Å². The van der Waals surface area contributed by atoms with Gasteiger partial charge >= 0.3 is 11.9 Å². The summed E-state index contributed by atoms with van der Waals surface area (Å²) < 4.78 is 10.2. The molecule has 0 bridgehead atoms. The molecule has 0 amide bonds. The lowest BCUT2D eigenvalue weighted by Gasteiger charge is -2.20. The van der Waals surface area contributed by atoms with E-state index in [1.807, 2.05) is 0 Å². The molecular formula is C39H70O9. The van der Waals surface area contributed by atoms with Crippen LogP contribution in [0.5, 0.6) is 0 Å².